The van der Waals surface area contributed by atoms with Gasteiger partial charge in [0.15, 0.2) is 0 Å². The fraction of sp³-hybridized carbons (Fsp3) is 0.231. The van der Waals surface area contributed by atoms with Gasteiger partial charge in [-0.1, -0.05) is 18.2 Å². The zero-order chi connectivity index (χ0) is 13.3. The third-order valence-electron chi connectivity index (χ3n) is 2.93. The molecule has 0 fully saturated rings. The van der Waals surface area contributed by atoms with Crippen LogP contribution in [0.25, 0.3) is 0 Å². The van der Waals surface area contributed by atoms with Crippen LogP contribution < -0.4 is 4.72 Å². The second-order valence-corrected chi connectivity index (χ2v) is 7.10. The predicted molar refractivity (Wildman–Crippen MR) is 74.9 cm³/mol. The molecule has 1 aliphatic heterocycles. The Morgan fingerprint density at radius 1 is 1.21 bits per heavy atom. The lowest BCUT2D eigenvalue weighted by Gasteiger charge is -2.10. The first kappa shape index (κ1) is 12.7. The van der Waals surface area contributed by atoms with E-state index < -0.39 is 10.0 Å². The topological polar surface area (TPSA) is 55.4 Å². The summed E-state index contributed by atoms with van der Waals surface area (Å²) in [5.41, 5.74) is 1.18. The molecule has 0 saturated heterocycles. The van der Waals surface area contributed by atoms with Crippen molar-refractivity contribution in [2.45, 2.75) is 17.9 Å². The van der Waals surface area contributed by atoms with Gasteiger partial charge in [-0.15, -0.1) is 11.3 Å². The number of fused-ring (bicyclic) bond motifs is 1. The molecule has 0 radical (unpaired) electrons. The molecule has 1 N–H and O–H groups in total. The molecular weight excluding hydrogens is 282 g/mol. The average Bonchev–Trinajstić information content (AvgIpc) is 2.81. The highest BCUT2D eigenvalue weighted by atomic mass is 32.2. The van der Waals surface area contributed by atoms with Crippen molar-refractivity contribution in [3.8, 4) is 0 Å². The van der Waals surface area contributed by atoms with Gasteiger partial charge >= 0.3 is 0 Å². The van der Waals surface area contributed by atoms with Gasteiger partial charge in [0.05, 0.1) is 18.1 Å². The number of anilines is 1. The van der Waals surface area contributed by atoms with E-state index in [4.69, 9.17) is 4.74 Å². The number of nitrogens with one attached hydrogen (secondary N) is 1. The SMILES string of the molecule is O=S(=O)(Nc1cc2c(s1)COCC2)c1ccccc1. The van der Waals surface area contributed by atoms with E-state index >= 15 is 0 Å². The van der Waals surface area contributed by atoms with Gasteiger partial charge in [-0.25, -0.2) is 8.42 Å². The summed E-state index contributed by atoms with van der Waals surface area (Å²) in [7, 11) is -3.49. The largest absolute Gasteiger partial charge is 0.376 e. The normalized spacial score (nSPS) is 14.9. The number of rotatable bonds is 3. The maximum absolute atomic E-state index is 12.2. The summed E-state index contributed by atoms with van der Waals surface area (Å²) in [6.07, 6.45) is 0.846. The molecule has 4 nitrogen and oxygen atoms in total. The van der Waals surface area contributed by atoms with Gasteiger partial charge in [-0.05, 0) is 30.2 Å². The third-order valence-corrected chi connectivity index (χ3v) is 5.51. The molecule has 1 aromatic carbocycles. The Hall–Kier alpha value is -1.37. The summed E-state index contributed by atoms with van der Waals surface area (Å²) in [5, 5.41) is 0.652. The number of thiophene rings is 1. The highest BCUT2D eigenvalue weighted by molar-refractivity contribution is 7.93. The minimum absolute atomic E-state index is 0.276. The lowest BCUT2D eigenvalue weighted by Crippen LogP contribution is -2.11. The smallest absolute Gasteiger partial charge is 0.262 e. The van der Waals surface area contributed by atoms with E-state index in [1.807, 2.05) is 6.07 Å². The Morgan fingerprint density at radius 2 is 2.00 bits per heavy atom. The summed E-state index contributed by atoms with van der Waals surface area (Å²) >= 11 is 1.44. The molecule has 0 aliphatic carbocycles. The van der Waals surface area contributed by atoms with E-state index in [0.717, 1.165) is 11.3 Å². The molecular formula is C13H13NO3S2. The number of hydrogen-bond donors (Lipinski definition) is 1. The van der Waals surface area contributed by atoms with Crippen LogP contribution in [0.15, 0.2) is 41.3 Å². The van der Waals surface area contributed by atoms with Gasteiger partial charge in [0.25, 0.3) is 10.0 Å². The summed E-state index contributed by atoms with van der Waals surface area (Å²) in [6, 6.07) is 10.3. The number of hydrogen-bond acceptors (Lipinski definition) is 4. The zero-order valence-electron chi connectivity index (χ0n) is 10.1. The molecule has 0 unspecified atom stereocenters. The molecule has 2 aromatic rings. The van der Waals surface area contributed by atoms with Gasteiger partial charge in [0.1, 0.15) is 5.00 Å². The van der Waals surface area contributed by atoms with Crippen LogP contribution in [-0.4, -0.2) is 15.0 Å². The molecule has 19 heavy (non-hydrogen) atoms. The van der Waals surface area contributed by atoms with Crippen LogP contribution in [0.1, 0.15) is 10.4 Å². The molecule has 6 heteroatoms. The third kappa shape index (κ3) is 2.65. The minimum Gasteiger partial charge on any atom is -0.376 e. The Morgan fingerprint density at radius 3 is 2.74 bits per heavy atom. The first-order valence-electron chi connectivity index (χ1n) is 5.92. The van der Waals surface area contributed by atoms with Gasteiger partial charge < -0.3 is 4.74 Å². The summed E-state index contributed by atoms with van der Waals surface area (Å²) in [5.74, 6) is 0. The molecule has 1 aliphatic rings. The van der Waals surface area contributed by atoms with Crippen molar-refractivity contribution in [3.05, 3.63) is 46.8 Å². The van der Waals surface area contributed by atoms with Gasteiger partial charge in [0, 0.05) is 4.88 Å². The predicted octanol–water partition coefficient (Wildman–Crippen LogP) is 2.62. The van der Waals surface area contributed by atoms with Crippen molar-refractivity contribution in [2.24, 2.45) is 0 Å². The Kier molecular flexibility index (Phi) is 3.30. The van der Waals surface area contributed by atoms with Crippen LogP contribution in [-0.2, 0) is 27.8 Å². The van der Waals surface area contributed by atoms with Crippen molar-refractivity contribution >= 4 is 26.4 Å². The molecule has 0 saturated carbocycles. The van der Waals surface area contributed by atoms with Crippen molar-refractivity contribution in [1.29, 1.82) is 0 Å². The van der Waals surface area contributed by atoms with E-state index in [0.29, 0.717) is 18.2 Å². The molecule has 0 amide bonds. The second-order valence-electron chi connectivity index (χ2n) is 4.28. The van der Waals surface area contributed by atoms with E-state index in [1.165, 1.54) is 16.9 Å². The Bertz CT molecular complexity index is 654. The van der Waals surface area contributed by atoms with Crippen LogP contribution in [0.5, 0.6) is 0 Å². The quantitative estimate of drug-likeness (QED) is 0.947. The van der Waals surface area contributed by atoms with Crippen LogP contribution >= 0.6 is 11.3 Å². The highest BCUT2D eigenvalue weighted by Crippen LogP contribution is 2.32. The highest BCUT2D eigenvalue weighted by Gasteiger charge is 2.18. The monoisotopic (exact) mass is 295 g/mol. The molecule has 0 atom stereocenters. The first-order valence-corrected chi connectivity index (χ1v) is 8.22. The van der Waals surface area contributed by atoms with Gasteiger partial charge in [-0.3, -0.25) is 4.72 Å². The summed E-state index contributed by atoms with van der Waals surface area (Å²) in [6.45, 7) is 1.28. The van der Waals surface area contributed by atoms with Crippen molar-refractivity contribution in [2.75, 3.05) is 11.3 Å². The standard InChI is InChI=1S/C13H13NO3S2/c15-19(16,11-4-2-1-3-5-11)14-13-8-10-6-7-17-9-12(10)18-13/h1-5,8,14H,6-7,9H2. The zero-order valence-corrected chi connectivity index (χ0v) is 11.8. The lowest BCUT2D eigenvalue weighted by molar-refractivity contribution is 0.113. The molecule has 1 aromatic heterocycles. The molecule has 3 rings (SSSR count). The molecule has 2 heterocycles. The Balaban J connectivity index is 1.87. The Labute approximate surface area is 116 Å². The summed E-state index contributed by atoms with van der Waals surface area (Å²) in [4.78, 5) is 1.38. The van der Waals surface area contributed by atoms with Gasteiger partial charge in [0.2, 0.25) is 0 Å². The fourth-order valence-electron chi connectivity index (χ4n) is 1.99. The lowest BCUT2D eigenvalue weighted by atomic mass is 10.2. The maximum Gasteiger partial charge on any atom is 0.262 e. The number of ether oxygens (including phenoxy) is 1. The van der Waals surface area contributed by atoms with Crippen molar-refractivity contribution < 1.29 is 13.2 Å². The van der Waals surface area contributed by atoms with E-state index in [-0.39, 0.29) is 4.90 Å². The van der Waals surface area contributed by atoms with Crippen LogP contribution in [0.2, 0.25) is 0 Å². The van der Waals surface area contributed by atoms with Crippen LogP contribution in [0, 0.1) is 0 Å². The van der Waals surface area contributed by atoms with Crippen molar-refractivity contribution in [1.82, 2.24) is 0 Å². The number of benzene rings is 1. The average molecular weight is 295 g/mol. The fourth-order valence-corrected chi connectivity index (χ4v) is 4.34. The van der Waals surface area contributed by atoms with Crippen LogP contribution in [0.3, 0.4) is 0 Å². The van der Waals surface area contributed by atoms with Crippen molar-refractivity contribution in [3.63, 3.8) is 0 Å². The van der Waals surface area contributed by atoms with E-state index in [9.17, 15) is 8.42 Å². The molecule has 100 valence electrons. The minimum atomic E-state index is -3.49. The molecule has 0 spiro atoms. The summed E-state index contributed by atoms with van der Waals surface area (Å²) < 4.78 is 32.3. The maximum atomic E-state index is 12.2. The van der Waals surface area contributed by atoms with E-state index in [2.05, 4.69) is 4.72 Å². The second kappa shape index (κ2) is 4.96. The molecule has 0 bridgehead atoms. The van der Waals surface area contributed by atoms with E-state index in [1.54, 1.807) is 30.3 Å². The van der Waals surface area contributed by atoms with Gasteiger partial charge in [-0.2, -0.15) is 0 Å². The first-order chi connectivity index (χ1) is 9.15. The van der Waals surface area contributed by atoms with Crippen LogP contribution in [0.4, 0.5) is 5.00 Å². The number of sulfonamides is 1.